The fourth-order valence-corrected chi connectivity index (χ4v) is 1.23. The maximum atomic E-state index is 10.0. The molecule has 0 fully saturated rings. The lowest BCUT2D eigenvalue weighted by atomic mass is 10.1. The van der Waals surface area contributed by atoms with Gasteiger partial charge in [-0.05, 0) is 12.3 Å². The first-order valence-electron chi connectivity index (χ1n) is 6.33. The normalized spacial score (nSPS) is 9.65. The Morgan fingerprint density at radius 3 is 1.76 bits per heavy atom. The molecule has 0 aromatic rings. The van der Waals surface area contributed by atoms with Gasteiger partial charge in [0, 0.05) is 12.8 Å². The molecule has 0 saturated carbocycles. The summed E-state index contributed by atoms with van der Waals surface area (Å²) in [6, 6.07) is 0. The van der Waals surface area contributed by atoms with E-state index in [0.717, 1.165) is 12.8 Å². The smallest absolute Gasteiger partial charge is 0.303 e. The van der Waals surface area contributed by atoms with Gasteiger partial charge in [-0.25, -0.2) is 0 Å². The Labute approximate surface area is 104 Å². The van der Waals surface area contributed by atoms with Crippen molar-refractivity contribution < 1.29 is 19.8 Å². The lowest BCUT2D eigenvalue weighted by Gasteiger charge is -1.95. The van der Waals surface area contributed by atoms with E-state index in [0.29, 0.717) is 6.42 Å². The Morgan fingerprint density at radius 2 is 1.47 bits per heavy atom. The molecule has 0 aliphatic heterocycles. The van der Waals surface area contributed by atoms with Gasteiger partial charge in [0.05, 0.1) is 0 Å². The Hall–Kier alpha value is -1.06. The molecule has 102 valence electrons. The quantitative estimate of drug-likeness (QED) is 0.642. The highest BCUT2D eigenvalue weighted by molar-refractivity contribution is 5.67. The first-order chi connectivity index (χ1) is 7.90. The second-order valence-corrected chi connectivity index (χ2v) is 4.55. The van der Waals surface area contributed by atoms with Gasteiger partial charge < -0.3 is 10.2 Å². The van der Waals surface area contributed by atoms with Crippen LogP contribution in [0.2, 0.25) is 0 Å². The van der Waals surface area contributed by atoms with Crippen LogP contribution in [0.5, 0.6) is 0 Å². The number of hydrogen-bond donors (Lipinski definition) is 2. The minimum Gasteiger partial charge on any atom is -0.481 e. The average Bonchev–Trinajstić information content (AvgIpc) is 2.15. The van der Waals surface area contributed by atoms with Gasteiger partial charge in [0.1, 0.15) is 0 Å². The predicted octanol–water partition coefficient (Wildman–Crippen LogP) is 3.55. The maximum Gasteiger partial charge on any atom is 0.303 e. The topological polar surface area (TPSA) is 74.6 Å². The SMILES string of the molecule is CC(C)CC(=O)O.CCCCCCCC(=O)O. The highest BCUT2D eigenvalue weighted by Crippen LogP contribution is 2.04. The summed E-state index contributed by atoms with van der Waals surface area (Å²) in [5.74, 6) is -1.11. The van der Waals surface area contributed by atoms with Crippen molar-refractivity contribution in [2.75, 3.05) is 0 Å². The summed E-state index contributed by atoms with van der Waals surface area (Å²) in [4.78, 5) is 19.8. The van der Waals surface area contributed by atoms with Crippen molar-refractivity contribution in [2.24, 2.45) is 5.92 Å². The summed E-state index contributed by atoms with van der Waals surface area (Å²) in [6.45, 7) is 5.92. The lowest BCUT2D eigenvalue weighted by molar-refractivity contribution is -0.138. The maximum absolute atomic E-state index is 10.0. The van der Waals surface area contributed by atoms with Crippen LogP contribution in [0.15, 0.2) is 0 Å². The van der Waals surface area contributed by atoms with Crippen LogP contribution in [-0.4, -0.2) is 22.2 Å². The molecule has 17 heavy (non-hydrogen) atoms. The molecule has 0 aliphatic carbocycles. The van der Waals surface area contributed by atoms with Gasteiger partial charge in [-0.2, -0.15) is 0 Å². The van der Waals surface area contributed by atoms with E-state index >= 15 is 0 Å². The molecule has 0 rings (SSSR count). The van der Waals surface area contributed by atoms with E-state index in [9.17, 15) is 9.59 Å². The number of carboxylic acid groups (broad SMARTS) is 2. The molecule has 4 nitrogen and oxygen atoms in total. The number of unbranched alkanes of at least 4 members (excludes halogenated alkanes) is 4. The van der Waals surface area contributed by atoms with Gasteiger partial charge in [-0.15, -0.1) is 0 Å². The molecule has 0 atom stereocenters. The monoisotopic (exact) mass is 246 g/mol. The molecule has 0 radical (unpaired) electrons. The van der Waals surface area contributed by atoms with Crippen LogP contribution in [0.25, 0.3) is 0 Å². The van der Waals surface area contributed by atoms with Crippen molar-refractivity contribution in [1.82, 2.24) is 0 Å². The van der Waals surface area contributed by atoms with E-state index in [1.807, 2.05) is 13.8 Å². The zero-order valence-electron chi connectivity index (χ0n) is 11.2. The third kappa shape index (κ3) is 25.3. The first-order valence-corrected chi connectivity index (χ1v) is 6.33. The van der Waals surface area contributed by atoms with Gasteiger partial charge in [-0.1, -0.05) is 46.5 Å². The highest BCUT2D eigenvalue weighted by Gasteiger charge is 1.98. The summed E-state index contributed by atoms with van der Waals surface area (Å²) in [5.41, 5.74) is 0. The Balaban J connectivity index is 0. The molecule has 0 bridgehead atoms. The molecular weight excluding hydrogens is 220 g/mol. The average molecular weight is 246 g/mol. The van der Waals surface area contributed by atoms with Crippen molar-refractivity contribution in [1.29, 1.82) is 0 Å². The van der Waals surface area contributed by atoms with E-state index in [4.69, 9.17) is 10.2 Å². The van der Waals surface area contributed by atoms with Crippen LogP contribution in [0.1, 0.15) is 65.7 Å². The Kier molecular flexibility index (Phi) is 14.0. The third-order valence-electron chi connectivity index (χ3n) is 2.08. The van der Waals surface area contributed by atoms with Crippen LogP contribution in [0.3, 0.4) is 0 Å². The zero-order valence-corrected chi connectivity index (χ0v) is 11.2. The molecule has 0 spiro atoms. The van der Waals surface area contributed by atoms with Gasteiger partial charge in [0.2, 0.25) is 0 Å². The molecule has 2 N–H and O–H groups in total. The predicted molar refractivity (Wildman–Crippen MR) is 68.1 cm³/mol. The van der Waals surface area contributed by atoms with Crippen LogP contribution in [0, 0.1) is 5.92 Å². The number of aliphatic carboxylic acids is 2. The Morgan fingerprint density at radius 1 is 0.941 bits per heavy atom. The van der Waals surface area contributed by atoms with Crippen molar-refractivity contribution in [3.63, 3.8) is 0 Å². The fraction of sp³-hybridized carbons (Fsp3) is 0.846. The molecule has 4 heteroatoms. The molecule has 0 saturated heterocycles. The van der Waals surface area contributed by atoms with Gasteiger partial charge in [0.15, 0.2) is 0 Å². The number of rotatable bonds is 8. The van der Waals surface area contributed by atoms with E-state index in [-0.39, 0.29) is 12.3 Å². The minimum absolute atomic E-state index is 0.275. The van der Waals surface area contributed by atoms with Crippen LogP contribution in [-0.2, 0) is 9.59 Å². The molecule has 0 unspecified atom stereocenters. The first kappa shape index (κ1) is 18.3. The van der Waals surface area contributed by atoms with Crippen LogP contribution in [0.4, 0.5) is 0 Å². The van der Waals surface area contributed by atoms with Crippen molar-refractivity contribution >= 4 is 11.9 Å². The van der Waals surface area contributed by atoms with Gasteiger partial charge in [-0.3, -0.25) is 9.59 Å². The van der Waals surface area contributed by atoms with Crippen LogP contribution >= 0.6 is 0 Å². The molecule has 0 aromatic heterocycles. The molecule has 0 aliphatic rings. The second kappa shape index (κ2) is 13.0. The van der Waals surface area contributed by atoms with Crippen LogP contribution < -0.4 is 0 Å². The lowest BCUT2D eigenvalue weighted by Crippen LogP contribution is -1.99. The number of carbonyl (C=O) groups is 2. The number of carboxylic acids is 2. The second-order valence-electron chi connectivity index (χ2n) is 4.55. The van der Waals surface area contributed by atoms with E-state index in [1.54, 1.807) is 0 Å². The van der Waals surface area contributed by atoms with E-state index in [1.165, 1.54) is 19.3 Å². The summed E-state index contributed by atoms with van der Waals surface area (Å²) in [5, 5.41) is 16.4. The highest BCUT2D eigenvalue weighted by atomic mass is 16.4. The standard InChI is InChI=1S/C8H16O2.C5H10O2/c1-2-3-4-5-6-7-8(9)10;1-4(2)3-5(6)7/h2-7H2,1H3,(H,9,10);4H,3H2,1-2H3,(H,6,7). The summed E-state index contributed by atoms with van der Waals surface area (Å²) >= 11 is 0. The Bertz CT molecular complexity index is 200. The third-order valence-corrected chi connectivity index (χ3v) is 2.08. The molecule has 0 heterocycles. The van der Waals surface area contributed by atoms with E-state index in [2.05, 4.69) is 6.92 Å². The van der Waals surface area contributed by atoms with Gasteiger partial charge >= 0.3 is 11.9 Å². The summed E-state index contributed by atoms with van der Waals surface area (Å²) in [6.07, 6.45) is 6.16. The zero-order chi connectivity index (χ0) is 13.7. The fourth-order valence-electron chi connectivity index (χ4n) is 1.23. The van der Waals surface area contributed by atoms with Crippen molar-refractivity contribution in [3.05, 3.63) is 0 Å². The molecular formula is C13H26O4. The van der Waals surface area contributed by atoms with Crippen molar-refractivity contribution in [2.45, 2.75) is 65.7 Å². The summed E-state index contributed by atoms with van der Waals surface area (Å²) in [7, 11) is 0. The molecule has 0 aromatic carbocycles. The number of hydrogen-bond acceptors (Lipinski definition) is 2. The summed E-state index contributed by atoms with van der Waals surface area (Å²) < 4.78 is 0. The minimum atomic E-state index is -0.713. The molecule has 0 amide bonds. The van der Waals surface area contributed by atoms with E-state index < -0.39 is 11.9 Å². The van der Waals surface area contributed by atoms with Crippen molar-refractivity contribution in [3.8, 4) is 0 Å². The van der Waals surface area contributed by atoms with Gasteiger partial charge in [0.25, 0.3) is 0 Å². The largest absolute Gasteiger partial charge is 0.481 e.